The van der Waals surface area contributed by atoms with E-state index in [9.17, 15) is 9.90 Å². The summed E-state index contributed by atoms with van der Waals surface area (Å²) in [5.74, 6) is -0.139. The predicted octanol–water partition coefficient (Wildman–Crippen LogP) is 5.07. The summed E-state index contributed by atoms with van der Waals surface area (Å²) < 4.78 is 0. The first-order valence-corrected chi connectivity index (χ1v) is 7.75. The third kappa shape index (κ3) is 3.84. The Morgan fingerprint density at radius 2 is 1.85 bits per heavy atom. The third-order valence-corrected chi connectivity index (χ3v) is 4.38. The van der Waals surface area contributed by atoms with E-state index < -0.39 is 5.97 Å². The van der Waals surface area contributed by atoms with Crippen LogP contribution in [0.2, 0.25) is 0 Å². The van der Waals surface area contributed by atoms with Crippen LogP contribution in [-0.2, 0) is 6.42 Å². The molecule has 1 aromatic carbocycles. The maximum absolute atomic E-state index is 11.4. The molecule has 1 N–H and O–H groups in total. The lowest BCUT2D eigenvalue weighted by Crippen LogP contribution is -2.11. The van der Waals surface area contributed by atoms with Gasteiger partial charge >= 0.3 is 5.97 Å². The van der Waals surface area contributed by atoms with Crippen molar-refractivity contribution in [1.82, 2.24) is 0 Å². The van der Waals surface area contributed by atoms with Crippen LogP contribution in [-0.4, -0.2) is 11.1 Å². The third-order valence-electron chi connectivity index (χ3n) is 4.38. The number of carboxylic acids is 1. The molecule has 20 heavy (non-hydrogen) atoms. The molecule has 0 heterocycles. The first-order chi connectivity index (χ1) is 9.42. The van der Waals surface area contributed by atoms with Crippen LogP contribution >= 0.6 is 0 Å². The van der Waals surface area contributed by atoms with Crippen molar-refractivity contribution in [2.45, 2.75) is 66.7 Å². The zero-order chi connectivity index (χ0) is 15.3. The molecule has 0 radical (unpaired) electrons. The highest BCUT2D eigenvalue weighted by Gasteiger charge is 2.18. The Bertz CT molecular complexity index is 475. The molecule has 0 bridgehead atoms. The van der Waals surface area contributed by atoms with Crippen molar-refractivity contribution in [2.24, 2.45) is 5.92 Å². The Morgan fingerprint density at radius 1 is 1.20 bits per heavy atom. The summed E-state index contributed by atoms with van der Waals surface area (Å²) in [6, 6.07) is 2.03. The summed E-state index contributed by atoms with van der Waals surface area (Å²) in [6.07, 6.45) is 5.89. The number of carbonyl (C=O) groups is 1. The Kier molecular flexibility index (Phi) is 6.25. The smallest absolute Gasteiger partial charge is 0.336 e. The number of aromatic carboxylic acids is 1. The van der Waals surface area contributed by atoms with Crippen molar-refractivity contribution in [3.05, 3.63) is 33.9 Å². The minimum atomic E-state index is -0.803. The van der Waals surface area contributed by atoms with Crippen molar-refractivity contribution in [3.8, 4) is 0 Å². The lowest BCUT2D eigenvalue weighted by molar-refractivity contribution is 0.0695. The molecule has 0 fully saturated rings. The van der Waals surface area contributed by atoms with Crippen molar-refractivity contribution >= 4 is 5.97 Å². The first-order valence-electron chi connectivity index (χ1n) is 7.75. The normalized spacial score (nSPS) is 12.4. The van der Waals surface area contributed by atoms with Crippen LogP contribution in [0.5, 0.6) is 0 Å². The Labute approximate surface area is 123 Å². The topological polar surface area (TPSA) is 37.3 Å². The largest absolute Gasteiger partial charge is 0.478 e. The molecule has 0 spiro atoms. The summed E-state index contributed by atoms with van der Waals surface area (Å²) >= 11 is 0. The van der Waals surface area contributed by atoms with E-state index in [2.05, 4.69) is 20.8 Å². The summed E-state index contributed by atoms with van der Waals surface area (Å²) in [4.78, 5) is 11.4. The van der Waals surface area contributed by atoms with E-state index in [1.54, 1.807) is 0 Å². The van der Waals surface area contributed by atoms with Crippen LogP contribution in [0.3, 0.4) is 0 Å². The second kappa shape index (κ2) is 7.47. The quantitative estimate of drug-likeness (QED) is 0.755. The van der Waals surface area contributed by atoms with Crippen LogP contribution in [0.15, 0.2) is 6.07 Å². The van der Waals surface area contributed by atoms with E-state index in [1.165, 1.54) is 30.4 Å². The van der Waals surface area contributed by atoms with Gasteiger partial charge in [0, 0.05) is 0 Å². The van der Waals surface area contributed by atoms with Crippen LogP contribution in [0.25, 0.3) is 0 Å². The van der Waals surface area contributed by atoms with Gasteiger partial charge in [0.1, 0.15) is 0 Å². The van der Waals surface area contributed by atoms with Gasteiger partial charge in [0.25, 0.3) is 0 Å². The zero-order valence-corrected chi connectivity index (χ0v) is 13.5. The van der Waals surface area contributed by atoms with Gasteiger partial charge in [-0.15, -0.1) is 0 Å². The van der Waals surface area contributed by atoms with Gasteiger partial charge in [0.05, 0.1) is 5.56 Å². The highest BCUT2D eigenvalue weighted by molar-refractivity contribution is 5.91. The van der Waals surface area contributed by atoms with Crippen LogP contribution < -0.4 is 0 Å². The maximum atomic E-state index is 11.4. The van der Waals surface area contributed by atoms with Crippen molar-refractivity contribution in [2.75, 3.05) is 0 Å². The Balaban J connectivity index is 3.11. The number of unbranched alkanes of at least 4 members (excludes halogenated alkanes) is 1. The summed E-state index contributed by atoms with van der Waals surface area (Å²) in [7, 11) is 0. The molecule has 1 atom stereocenters. The van der Waals surface area contributed by atoms with Gasteiger partial charge in [-0.05, 0) is 55.4 Å². The lowest BCUT2D eigenvalue weighted by atomic mass is 9.85. The number of hydrogen-bond acceptors (Lipinski definition) is 1. The van der Waals surface area contributed by atoms with E-state index in [-0.39, 0.29) is 0 Å². The Hall–Kier alpha value is -1.31. The average Bonchev–Trinajstić information content (AvgIpc) is 2.37. The van der Waals surface area contributed by atoms with Gasteiger partial charge in [-0.2, -0.15) is 0 Å². The molecule has 0 saturated heterocycles. The fourth-order valence-corrected chi connectivity index (χ4v) is 3.10. The summed E-state index contributed by atoms with van der Waals surface area (Å²) in [5.41, 5.74) is 4.81. The van der Waals surface area contributed by atoms with Crippen molar-refractivity contribution in [3.63, 3.8) is 0 Å². The average molecular weight is 276 g/mol. The molecule has 0 aromatic heterocycles. The molecule has 0 aliphatic carbocycles. The minimum Gasteiger partial charge on any atom is -0.478 e. The summed E-state index contributed by atoms with van der Waals surface area (Å²) in [6.45, 7) is 10.4. The SMILES string of the molecule is CCCCC(CC)Cc1c(C)cc(C)c(C(=O)O)c1C. The first kappa shape index (κ1) is 16.7. The maximum Gasteiger partial charge on any atom is 0.336 e. The second-order valence-electron chi connectivity index (χ2n) is 5.91. The zero-order valence-electron chi connectivity index (χ0n) is 13.5. The second-order valence-corrected chi connectivity index (χ2v) is 5.91. The van der Waals surface area contributed by atoms with Gasteiger partial charge < -0.3 is 5.11 Å². The van der Waals surface area contributed by atoms with Crippen LogP contribution in [0.1, 0.15) is 72.1 Å². The summed E-state index contributed by atoms with van der Waals surface area (Å²) in [5, 5.41) is 9.39. The minimum absolute atomic E-state index is 0.496. The van der Waals surface area contributed by atoms with Crippen molar-refractivity contribution < 1.29 is 9.90 Å². The Morgan fingerprint density at radius 3 is 2.35 bits per heavy atom. The van der Waals surface area contributed by atoms with Gasteiger partial charge in [-0.1, -0.05) is 45.6 Å². The molecule has 0 amide bonds. The molecule has 112 valence electrons. The predicted molar refractivity (Wildman–Crippen MR) is 84.6 cm³/mol. The van der Waals surface area contributed by atoms with E-state index in [4.69, 9.17) is 0 Å². The van der Waals surface area contributed by atoms with Crippen molar-refractivity contribution in [1.29, 1.82) is 0 Å². The fraction of sp³-hybridized carbons (Fsp3) is 0.611. The molecule has 0 aliphatic heterocycles. The molecular weight excluding hydrogens is 248 g/mol. The number of aryl methyl sites for hydroxylation is 2. The molecular formula is C18H28O2. The standard InChI is InChI=1S/C18H28O2/c1-6-8-9-15(7-2)11-16-12(3)10-13(4)17(14(16)5)18(19)20/h10,15H,6-9,11H2,1-5H3,(H,19,20). The van der Waals surface area contributed by atoms with E-state index in [0.717, 1.165) is 24.0 Å². The molecule has 1 rings (SSSR count). The van der Waals surface area contributed by atoms with Gasteiger partial charge in [0.15, 0.2) is 0 Å². The van der Waals surface area contributed by atoms with E-state index >= 15 is 0 Å². The monoisotopic (exact) mass is 276 g/mol. The molecule has 1 aromatic rings. The number of hydrogen-bond donors (Lipinski definition) is 1. The van der Waals surface area contributed by atoms with Gasteiger partial charge in [0.2, 0.25) is 0 Å². The molecule has 0 aliphatic rings. The van der Waals surface area contributed by atoms with Gasteiger partial charge in [-0.25, -0.2) is 4.79 Å². The van der Waals surface area contributed by atoms with E-state index in [1.807, 2.05) is 19.9 Å². The number of rotatable bonds is 7. The van der Waals surface area contributed by atoms with Gasteiger partial charge in [-0.3, -0.25) is 0 Å². The molecule has 2 heteroatoms. The van der Waals surface area contributed by atoms with E-state index in [0.29, 0.717) is 11.5 Å². The molecule has 1 unspecified atom stereocenters. The number of benzene rings is 1. The van der Waals surface area contributed by atoms with Crippen LogP contribution in [0.4, 0.5) is 0 Å². The highest BCUT2D eigenvalue weighted by atomic mass is 16.4. The lowest BCUT2D eigenvalue weighted by Gasteiger charge is -2.20. The number of carboxylic acid groups (broad SMARTS) is 1. The molecule has 2 nitrogen and oxygen atoms in total. The fourth-order valence-electron chi connectivity index (χ4n) is 3.10. The van der Waals surface area contributed by atoms with Crippen LogP contribution in [0, 0.1) is 26.7 Å². The molecule has 0 saturated carbocycles. The highest BCUT2D eigenvalue weighted by Crippen LogP contribution is 2.27.